The van der Waals surface area contributed by atoms with Crippen molar-refractivity contribution < 1.29 is 0 Å². The van der Waals surface area contributed by atoms with E-state index in [2.05, 4.69) is 29.2 Å². The van der Waals surface area contributed by atoms with Gasteiger partial charge in [0, 0.05) is 25.7 Å². The van der Waals surface area contributed by atoms with Gasteiger partial charge < -0.3 is 9.13 Å². The lowest BCUT2D eigenvalue weighted by Crippen LogP contribution is -2.16. The SMILES string of the molecule is Cc1cc2c(=S)n3c(nc2n1C)CCCC3. The number of hydrogen-bond acceptors (Lipinski definition) is 2. The Kier molecular flexibility index (Phi) is 2.14. The zero-order chi connectivity index (χ0) is 11.3. The zero-order valence-corrected chi connectivity index (χ0v) is 10.5. The fourth-order valence-corrected chi connectivity index (χ4v) is 2.78. The molecule has 0 unspecified atom stereocenters. The van der Waals surface area contributed by atoms with Crippen LogP contribution in [0.2, 0.25) is 0 Å². The largest absolute Gasteiger partial charge is 0.333 e. The molecule has 0 bridgehead atoms. The first kappa shape index (κ1) is 10.0. The summed E-state index contributed by atoms with van der Waals surface area (Å²) >= 11 is 5.56. The smallest absolute Gasteiger partial charge is 0.144 e. The number of hydrogen-bond donors (Lipinski definition) is 0. The molecule has 0 radical (unpaired) electrons. The lowest BCUT2D eigenvalue weighted by molar-refractivity contribution is 0.507. The minimum atomic E-state index is 0.961. The fraction of sp³-hybridized carbons (Fsp3) is 0.500. The highest BCUT2D eigenvalue weighted by atomic mass is 32.1. The molecule has 0 aliphatic carbocycles. The summed E-state index contributed by atoms with van der Waals surface area (Å²) in [6.45, 7) is 3.13. The van der Waals surface area contributed by atoms with Crippen molar-refractivity contribution in [3.63, 3.8) is 0 Å². The van der Waals surface area contributed by atoms with Crippen LogP contribution in [0.3, 0.4) is 0 Å². The zero-order valence-electron chi connectivity index (χ0n) is 9.66. The quantitative estimate of drug-likeness (QED) is 0.653. The lowest BCUT2D eigenvalue weighted by Gasteiger charge is -2.18. The van der Waals surface area contributed by atoms with Gasteiger partial charge in [-0.05, 0) is 25.8 Å². The summed E-state index contributed by atoms with van der Waals surface area (Å²) < 4.78 is 5.30. The van der Waals surface area contributed by atoms with Gasteiger partial charge in [-0.25, -0.2) is 4.98 Å². The van der Waals surface area contributed by atoms with Crippen molar-refractivity contribution in [3.05, 3.63) is 22.2 Å². The van der Waals surface area contributed by atoms with Gasteiger partial charge in [0.25, 0.3) is 0 Å². The van der Waals surface area contributed by atoms with Gasteiger partial charge in [0.05, 0.1) is 5.39 Å². The molecule has 3 rings (SSSR count). The van der Waals surface area contributed by atoms with Crippen LogP contribution in [-0.4, -0.2) is 14.1 Å². The minimum Gasteiger partial charge on any atom is -0.333 e. The van der Waals surface area contributed by atoms with Gasteiger partial charge in [-0.15, -0.1) is 0 Å². The van der Waals surface area contributed by atoms with Crippen LogP contribution in [-0.2, 0) is 20.0 Å². The second kappa shape index (κ2) is 3.42. The Morgan fingerprint density at radius 3 is 3.00 bits per heavy atom. The highest BCUT2D eigenvalue weighted by molar-refractivity contribution is 7.71. The van der Waals surface area contributed by atoms with Gasteiger partial charge in [0.15, 0.2) is 0 Å². The Morgan fingerprint density at radius 2 is 2.19 bits per heavy atom. The highest BCUT2D eigenvalue weighted by Gasteiger charge is 2.14. The molecule has 0 N–H and O–H groups in total. The molecular formula is C12H15N3S. The predicted molar refractivity (Wildman–Crippen MR) is 67.2 cm³/mol. The number of rotatable bonds is 0. The molecule has 0 aromatic carbocycles. The van der Waals surface area contributed by atoms with Gasteiger partial charge in [0.2, 0.25) is 0 Å². The van der Waals surface area contributed by atoms with E-state index in [0.29, 0.717) is 0 Å². The van der Waals surface area contributed by atoms with Crippen molar-refractivity contribution in [1.29, 1.82) is 0 Å². The number of aromatic nitrogens is 3. The summed E-state index contributed by atoms with van der Waals surface area (Å²) in [6.07, 6.45) is 3.51. The molecule has 0 saturated carbocycles. The van der Waals surface area contributed by atoms with Crippen LogP contribution in [0.4, 0.5) is 0 Å². The lowest BCUT2D eigenvalue weighted by atomic mass is 10.1. The summed E-state index contributed by atoms with van der Waals surface area (Å²) in [5.74, 6) is 1.16. The van der Waals surface area contributed by atoms with E-state index < -0.39 is 0 Å². The first-order valence-corrected chi connectivity index (χ1v) is 6.15. The van der Waals surface area contributed by atoms with Crippen LogP contribution in [0, 0.1) is 11.6 Å². The average Bonchev–Trinajstić information content (AvgIpc) is 2.58. The summed E-state index contributed by atoms with van der Waals surface area (Å²) in [7, 11) is 2.05. The Morgan fingerprint density at radius 1 is 1.38 bits per heavy atom. The maximum atomic E-state index is 5.56. The van der Waals surface area contributed by atoms with Gasteiger partial charge in [-0.2, -0.15) is 0 Å². The normalized spacial score (nSPS) is 15.4. The molecule has 3 nitrogen and oxygen atoms in total. The number of nitrogens with zero attached hydrogens (tertiary/aromatic N) is 3. The van der Waals surface area contributed by atoms with Crippen molar-refractivity contribution in [2.24, 2.45) is 7.05 Å². The third kappa shape index (κ3) is 1.26. The van der Waals surface area contributed by atoms with Crippen LogP contribution in [0.5, 0.6) is 0 Å². The average molecular weight is 233 g/mol. The van der Waals surface area contributed by atoms with E-state index in [4.69, 9.17) is 17.2 Å². The summed E-state index contributed by atoms with van der Waals surface area (Å²) in [5, 5.41) is 1.13. The van der Waals surface area contributed by atoms with E-state index in [1.54, 1.807) is 0 Å². The number of fused-ring (bicyclic) bond motifs is 2. The Balaban J connectivity index is 2.44. The fourth-order valence-electron chi connectivity index (χ4n) is 2.43. The van der Waals surface area contributed by atoms with Crippen molar-refractivity contribution in [2.45, 2.75) is 32.7 Å². The van der Waals surface area contributed by atoms with Crippen molar-refractivity contribution >= 4 is 23.3 Å². The monoisotopic (exact) mass is 233 g/mol. The van der Waals surface area contributed by atoms with Crippen LogP contribution in [0.25, 0.3) is 11.0 Å². The minimum absolute atomic E-state index is 0.961. The molecular weight excluding hydrogens is 218 g/mol. The molecule has 2 aromatic heterocycles. The van der Waals surface area contributed by atoms with Gasteiger partial charge >= 0.3 is 0 Å². The van der Waals surface area contributed by atoms with Crippen LogP contribution < -0.4 is 0 Å². The van der Waals surface area contributed by atoms with Gasteiger partial charge in [-0.1, -0.05) is 12.2 Å². The first-order valence-electron chi connectivity index (χ1n) is 5.74. The van der Waals surface area contributed by atoms with Crippen LogP contribution in [0.15, 0.2) is 6.07 Å². The first-order chi connectivity index (χ1) is 7.68. The third-order valence-corrected chi connectivity index (χ3v) is 3.94. The topological polar surface area (TPSA) is 22.8 Å². The second-order valence-electron chi connectivity index (χ2n) is 4.52. The molecule has 84 valence electrons. The molecule has 0 spiro atoms. The van der Waals surface area contributed by atoms with E-state index in [1.165, 1.54) is 18.5 Å². The number of aryl methyl sites for hydroxylation is 3. The van der Waals surface area contributed by atoms with E-state index in [0.717, 1.165) is 34.5 Å². The molecule has 4 heteroatoms. The second-order valence-corrected chi connectivity index (χ2v) is 4.91. The summed E-state index contributed by atoms with van der Waals surface area (Å²) in [4.78, 5) is 4.76. The van der Waals surface area contributed by atoms with E-state index in [1.807, 2.05) is 0 Å². The maximum absolute atomic E-state index is 5.56. The molecule has 1 aliphatic heterocycles. The molecule has 0 amide bonds. The van der Waals surface area contributed by atoms with Gasteiger partial charge in [-0.3, -0.25) is 0 Å². The van der Waals surface area contributed by atoms with Crippen LogP contribution >= 0.6 is 12.2 Å². The standard InChI is InChI=1S/C12H15N3S/c1-8-7-9-11(14(8)2)13-10-5-3-4-6-15(10)12(9)16/h7H,3-6H2,1-2H3. The maximum Gasteiger partial charge on any atom is 0.144 e. The van der Waals surface area contributed by atoms with Crippen molar-refractivity contribution in [3.8, 4) is 0 Å². The molecule has 3 heterocycles. The van der Waals surface area contributed by atoms with Gasteiger partial charge in [0.1, 0.15) is 16.1 Å². The summed E-state index contributed by atoms with van der Waals surface area (Å²) in [6, 6.07) is 2.15. The molecule has 2 aromatic rings. The highest BCUT2D eigenvalue weighted by Crippen LogP contribution is 2.22. The molecule has 16 heavy (non-hydrogen) atoms. The van der Waals surface area contributed by atoms with Crippen molar-refractivity contribution in [2.75, 3.05) is 0 Å². The van der Waals surface area contributed by atoms with E-state index >= 15 is 0 Å². The molecule has 0 saturated heterocycles. The van der Waals surface area contributed by atoms with E-state index in [-0.39, 0.29) is 0 Å². The Hall–Kier alpha value is -1.16. The molecule has 0 atom stereocenters. The predicted octanol–water partition coefficient (Wildman–Crippen LogP) is 2.75. The summed E-state index contributed by atoms with van der Waals surface area (Å²) in [5.41, 5.74) is 2.26. The van der Waals surface area contributed by atoms with Crippen molar-refractivity contribution in [1.82, 2.24) is 14.1 Å². The third-order valence-electron chi connectivity index (χ3n) is 3.50. The van der Waals surface area contributed by atoms with E-state index in [9.17, 15) is 0 Å². The molecule has 0 fully saturated rings. The Bertz CT molecular complexity index is 621. The molecule has 1 aliphatic rings. The Labute approximate surface area is 99.7 Å². The van der Waals surface area contributed by atoms with Crippen LogP contribution in [0.1, 0.15) is 24.4 Å².